The van der Waals surface area contributed by atoms with E-state index < -0.39 is 17.7 Å². The van der Waals surface area contributed by atoms with Crippen molar-refractivity contribution in [2.75, 3.05) is 0 Å². The highest BCUT2D eigenvalue weighted by Crippen LogP contribution is 2.39. The van der Waals surface area contributed by atoms with Gasteiger partial charge in [0.1, 0.15) is 5.57 Å². The van der Waals surface area contributed by atoms with E-state index in [0.29, 0.717) is 12.8 Å². The fourth-order valence-electron chi connectivity index (χ4n) is 4.53. The van der Waals surface area contributed by atoms with Crippen LogP contribution < -0.4 is 0 Å². The van der Waals surface area contributed by atoms with Crippen LogP contribution in [0.4, 0.5) is 0 Å². The Balaban J connectivity index is 1.66. The van der Waals surface area contributed by atoms with E-state index in [-0.39, 0.29) is 5.57 Å². The maximum absolute atomic E-state index is 12.6. The minimum Gasteiger partial charge on any atom is -0.419 e. The van der Waals surface area contributed by atoms with Gasteiger partial charge in [0.15, 0.2) is 0 Å². The fourth-order valence-corrected chi connectivity index (χ4v) is 4.53. The Bertz CT molecular complexity index is 1130. The first-order valence-corrected chi connectivity index (χ1v) is 9.80. The molecule has 1 saturated heterocycles. The summed E-state index contributed by atoms with van der Waals surface area (Å²) >= 11 is 0. The van der Waals surface area contributed by atoms with Gasteiger partial charge in [-0.05, 0) is 43.5 Å². The normalized spacial score (nSPS) is 18.7. The maximum atomic E-state index is 12.6. The Labute approximate surface area is 162 Å². The second-order valence-corrected chi connectivity index (χ2v) is 7.46. The van der Waals surface area contributed by atoms with Crippen LogP contribution in [0.2, 0.25) is 0 Å². The molecule has 3 aromatic rings. The van der Waals surface area contributed by atoms with Crippen LogP contribution in [0.1, 0.15) is 38.2 Å². The highest BCUT2D eigenvalue weighted by Gasteiger charge is 2.47. The lowest BCUT2D eigenvalue weighted by Crippen LogP contribution is -2.44. The first-order chi connectivity index (χ1) is 13.6. The van der Waals surface area contributed by atoms with Crippen molar-refractivity contribution in [3.05, 3.63) is 53.6 Å². The molecule has 0 radical (unpaired) electrons. The largest absolute Gasteiger partial charge is 0.419 e. The Kier molecular flexibility index (Phi) is 3.79. The van der Waals surface area contributed by atoms with Crippen LogP contribution in [-0.2, 0) is 25.6 Å². The molecule has 2 aliphatic rings. The number of carbonyl (C=O) groups excluding carboxylic acids is 2. The van der Waals surface area contributed by atoms with Gasteiger partial charge >= 0.3 is 11.9 Å². The lowest BCUT2D eigenvalue weighted by molar-refractivity contribution is -0.232. The van der Waals surface area contributed by atoms with Crippen LogP contribution in [0.5, 0.6) is 0 Å². The van der Waals surface area contributed by atoms with E-state index in [0.717, 1.165) is 46.8 Å². The summed E-state index contributed by atoms with van der Waals surface area (Å²) in [5, 5.41) is 2.12. The van der Waals surface area contributed by atoms with Gasteiger partial charge in [0.05, 0.1) is 0 Å². The van der Waals surface area contributed by atoms with Crippen LogP contribution in [0.25, 0.3) is 27.9 Å². The molecule has 0 N–H and O–H groups in total. The fraction of sp³-hybridized carbons (Fsp3) is 0.304. The average molecular weight is 375 g/mol. The minimum absolute atomic E-state index is 0.0432. The number of carbonyl (C=O) groups is 2. The summed E-state index contributed by atoms with van der Waals surface area (Å²) < 4.78 is 13.4. The second kappa shape index (κ2) is 6.23. The predicted octanol–water partition coefficient (Wildman–Crippen LogP) is 4.57. The van der Waals surface area contributed by atoms with E-state index in [9.17, 15) is 9.59 Å². The minimum atomic E-state index is -1.05. The number of nitrogens with zero attached hydrogens (tertiary/aromatic N) is 1. The molecule has 1 spiro atoms. The zero-order chi connectivity index (χ0) is 19.3. The number of hydrogen-bond donors (Lipinski definition) is 0. The van der Waals surface area contributed by atoms with Crippen molar-refractivity contribution in [2.45, 2.75) is 44.9 Å². The Morgan fingerprint density at radius 3 is 2.36 bits per heavy atom. The highest BCUT2D eigenvalue weighted by molar-refractivity contribution is 6.21. The lowest BCUT2D eigenvalue weighted by Gasteiger charge is -2.32. The molecule has 5 nitrogen and oxygen atoms in total. The van der Waals surface area contributed by atoms with Crippen molar-refractivity contribution in [2.24, 2.45) is 0 Å². The number of benzene rings is 2. The van der Waals surface area contributed by atoms with Crippen LogP contribution in [0, 0.1) is 0 Å². The third-order valence-corrected chi connectivity index (χ3v) is 5.81. The van der Waals surface area contributed by atoms with Crippen LogP contribution in [0.15, 0.2) is 48.0 Å². The molecule has 1 aliphatic heterocycles. The predicted molar refractivity (Wildman–Crippen MR) is 106 cm³/mol. The Hall–Kier alpha value is -3.08. The number of rotatable bonds is 2. The Morgan fingerprint density at radius 2 is 1.64 bits per heavy atom. The SMILES string of the molecule is CCn1c2ccccc2c2c(C=C3C(=O)OC4(CCCC4)OC3=O)cccc21. The summed E-state index contributed by atoms with van der Waals surface area (Å²) in [4.78, 5) is 25.3. The van der Waals surface area contributed by atoms with Gasteiger partial charge in [0, 0.05) is 41.2 Å². The number of hydrogen-bond acceptors (Lipinski definition) is 4. The molecule has 142 valence electrons. The number of ether oxygens (including phenoxy) is 2. The quantitative estimate of drug-likeness (QED) is 0.374. The molecular weight excluding hydrogens is 354 g/mol. The first kappa shape index (κ1) is 17.0. The molecule has 0 atom stereocenters. The van der Waals surface area contributed by atoms with Crippen LogP contribution in [0.3, 0.4) is 0 Å². The molecule has 1 saturated carbocycles. The topological polar surface area (TPSA) is 57.5 Å². The zero-order valence-electron chi connectivity index (χ0n) is 15.7. The summed E-state index contributed by atoms with van der Waals surface area (Å²) in [6, 6.07) is 14.1. The van der Waals surface area contributed by atoms with Gasteiger partial charge in [-0.1, -0.05) is 30.3 Å². The monoisotopic (exact) mass is 375 g/mol. The van der Waals surface area contributed by atoms with Crippen molar-refractivity contribution in [3.8, 4) is 0 Å². The van der Waals surface area contributed by atoms with Crippen molar-refractivity contribution in [3.63, 3.8) is 0 Å². The second-order valence-electron chi connectivity index (χ2n) is 7.46. The van der Waals surface area contributed by atoms with Gasteiger partial charge in [-0.15, -0.1) is 0 Å². The van der Waals surface area contributed by atoms with E-state index in [1.165, 1.54) is 0 Å². The number of aromatic nitrogens is 1. The summed E-state index contributed by atoms with van der Waals surface area (Å²) in [5.41, 5.74) is 2.97. The molecule has 0 bridgehead atoms. The summed E-state index contributed by atoms with van der Waals surface area (Å²) in [6.45, 7) is 2.94. The number of para-hydroxylation sites is 1. The lowest BCUT2D eigenvalue weighted by atomic mass is 10.0. The molecule has 2 fully saturated rings. The number of aryl methyl sites for hydroxylation is 1. The molecule has 0 amide bonds. The van der Waals surface area contributed by atoms with Crippen molar-refractivity contribution >= 4 is 39.8 Å². The smallest absolute Gasteiger partial charge is 0.348 e. The molecule has 2 aromatic carbocycles. The summed E-state index contributed by atoms with van der Waals surface area (Å²) in [7, 11) is 0. The molecule has 2 heterocycles. The van der Waals surface area contributed by atoms with Crippen LogP contribution >= 0.6 is 0 Å². The molecule has 1 aliphatic carbocycles. The average Bonchev–Trinajstić information content (AvgIpc) is 3.27. The van der Waals surface area contributed by atoms with E-state index in [4.69, 9.17) is 9.47 Å². The van der Waals surface area contributed by atoms with Crippen molar-refractivity contribution < 1.29 is 19.1 Å². The van der Waals surface area contributed by atoms with Gasteiger partial charge in [0.25, 0.3) is 5.79 Å². The van der Waals surface area contributed by atoms with Gasteiger partial charge in [-0.25, -0.2) is 9.59 Å². The third-order valence-electron chi connectivity index (χ3n) is 5.81. The Morgan fingerprint density at radius 1 is 0.964 bits per heavy atom. The summed E-state index contributed by atoms with van der Waals surface area (Å²) in [5.74, 6) is -2.22. The molecule has 0 unspecified atom stereocenters. The van der Waals surface area contributed by atoms with Crippen molar-refractivity contribution in [1.29, 1.82) is 0 Å². The van der Waals surface area contributed by atoms with Crippen LogP contribution in [-0.4, -0.2) is 22.3 Å². The number of esters is 2. The van der Waals surface area contributed by atoms with Gasteiger partial charge in [-0.3, -0.25) is 0 Å². The van der Waals surface area contributed by atoms with Gasteiger partial charge < -0.3 is 14.0 Å². The standard InChI is InChI=1S/C23H21NO4/c1-2-24-18-10-4-3-9-16(18)20-15(8-7-11-19(20)24)14-17-21(25)27-23(28-22(17)26)12-5-6-13-23/h3-4,7-11,14H,2,5-6,12-13H2,1H3. The van der Waals surface area contributed by atoms with E-state index >= 15 is 0 Å². The van der Waals surface area contributed by atoms with Gasteiger partial charge in [0.2, 0.25) is 0 Å². The third kappa shape index (κ3) is 2.46. The molecule has 5 heteroatoms. The molecule has 1 aromatic heterocycles. The molecule has 5 rings (SSSR count). The maximum Gasteiger partial charge on any atom is 0.348 e. The highest BCUT2D eigenvalue weighted by atomic mass is 16.7. The van der Waals surface area contributed by atoms with E-state index in [1.807, 2.05) is 24.3 Å². The van der Waals surface area contributed by atoms with Crippen molar-refractivity contribution in [1.82, 2.24) is 4.57 Å². The first-order valence-electron chi connectivity index (χ1n) is 9.80. The van der Waals surface area contributed by atoms with E-state index in [2.05, 4.69) is 29.7 Å². The number of fused-ring (bicyclic) bond motifs is 3. The molecular formula is C23H21NO4. The zero-order valence-corrected chi connectivity index (χ0v) is 15.7. The summed E-state index contributed by atoms with van der Waals surface area (Å²) in [6.07, 6.45) is 4.57. The van der Waals surface area contributed by atoms with Gasteiger partial charge in [-0.2, -0.15) is 0 Å². The molecule has 28 heavy (non-hydrogen) atoms. The van der Waals surface area contributed by atoms with E-state index in [1.54, 1.807) is 6.08 Å².